The molecule has 0 saturated heterocycles. The maximum atomic E-state index is 12.5. The number of esters is 2. The molecule has 7 heteroatoms. The van der Waals surface area contributed by atoms with Gasteiger partial charge in [-0.25, -0.2) is 9.59 Å². The fourth-order valence-corrected chi connectivity index (χ4v) is 3.38. The summed E-state index contributed by atoms with van der Waals surface area (Å²) in [5, 5.41) is 0. The molecule has 3 aromatic rings. The molecular weight excluding hydrogens is 470 g/mol. The molecule has 1 aromatic heterocycles. The van der Waals surface area contributed by atoms with Gasteiger partial charge in [-0.15, -0.1) is 0 Å². The van der Waals surface area contributed by atoms with Crippen molar-refractivity contribution in [2.24, 2.45) is 0 Å². The molecule has 0 N–H and O–H groups in total. The largest absolute Gasteiger partial charge is 0.494 e. The Kier molecular flexibility index (Phi) is 11.2. The van der Waals surface area contributed by atoms with Crippen LogP contribution in [0.15, 0.2) is 79.5 Å². The van der Waals surface area contributed by atoms with Crippen molar-refractivity contribution >= 4 is 11.9 Å². The minimum atomic E-state index is -0.438. The number of carbonyl (C=O) groups excluding carboxylic acids is 2. The average Bonchev–Trinajstić information content (AvgIpc) is 2.94. The van der Waals surface area contributed by atoms with Crippen LogP contribution in [0.25, 0.3) is 11.3 Å². The van der Waals surface area contributed by atoms with Crippen molar-refractivity contribution in [1.82, 2.24) is 4.98 Å². The van der Waals surface area contributed by atoms with Gasteiger partial charge in [0.2, 0.25) is 0 Å². The van der Waals surface area contributed by atoms with E-state index < -0.39 is 5.97 Å². The Bertz CT molecular complexity index is 1120. The van der Waals surface area contributed by atoms with E-state index in [1.165, 1.54) is 6.08 Å². The molecule has 0 amide bonds. The van der Waals surface area contributed by atoms with Crippen LogP contribution in [0.5, 0.6) is 17.2 Å². The summed E-state index contributed by atoms with van der Waals surface area (Å²) in [7, 11) is 0. The zero-order valence-electron chi connectivity index (χ0n) is 21.2. The average molecular weight is 504 g/mol. The van der Waals surface area contributed by atoms with E-state index in [-0.39, 0.29) is 5.97 Å². The third kappa shape index (κ3) is 9.44. The van der Waals surface area contributed by atoms with Gasteiger partial charge in [0.15, 0.2) is 0 Å². The van der Waals surface area contributed by atoms with Crippen LogP contribution in [-0.2, 0) is 9.53 Å². The number of rotatable bonds is 15. The SMILES string of the molecule is C=CC(=O)OCCCCCCOc1ccc(C(=O)Oc2ccc(-c3ccc(OCCC)cn3)cc2)cc1. The maximum Gasteiger partial charge on any atom is 0.343 e. The maximum absolute atomic E-state index is 12.5. The second-order valence-corrected chi connectivity index (χ2v) is 8.30. The lowest BCUT2D eigenvalue weighted by Gasteiger charge is -2.09. The minimum Gasteiger partial charge on any atom is -0.494 e. The van der Waals surface area contributed by atoms with Gasteiger partial charge in [-0.1, -0.05) is 13.5 Å². The van der Waals surface area contributed by atoms with Gasteiger partial charge in [0.25, 0.3) is 0 Å². The smallest absolute Gasteiger partial charge is 0.343 e. The van der Waals surface area contributed by atoms with E-state index in [2.05, 4.69) is 18.5 Å². The second kappa shape index (κ2) is 15.1. The highest BCUT2D eigenvalue weighted by Crippen LogP contribution is 2.23. The van der Waals surface area contributed by atoms with Crippen LogP contribution in [0.2, 0.25) is 0 Å². The molecule has 2 aromatic carbocycles. The van der Waals surface area contributed by atoms with Crippen molar-refractivity contribution in [2.45, 2.75) is 39.0 Å². The molecular formula is C30H33NO6. The third-order valence-corrected chi connectivity index (χ3v) is 5.38. The van der Waals surface area contributed by atoms with Crippen LogP contribution in [0.3, 0.4) is 0 Å². The minimum absolute atomic E-state index is 0.388. The predicted octanol–water partition coefficient (Wildman–Crippen LogP) is 6.43. The summed E-state index contributed by atoms with van der Waals surface area (Å²) in [6.45, 7) is 7.07. The Morgan fingerprint density at radius 3 is 2.08 bits per heavy atom. The topological polar surface area (TPSA) is 84.0 Å². The van der Waals surface area contributed by atoms with Crippen LogP contribution in [0.4, 0.5) is 0 Å². The summed E-state index contributed by atoms with van der Waals surface area (Å²) in [5.74, 6) is 1.07. The van der Waals surface area contributed by atoms with Crippen molar-refractivity contribution < 1.29 is 28.5 Å². The third-order valence-electron chi connectivity index (χ3n) is 5.38. The highest BCUT2D eigenvalue weighted by atomic mass is 16.5. The summed E-state index contributed by atoms with van der Waals surface area (Å²) in [6, 6.07) is 17.9. The molecule has 7 nitrogen and oxygen atoms in total. The Hall–Kier alpha value is -4.13. The first-order valence-electron chi connectivity index (χ1n) is 12.5. The number of carbonyl (C=O) groups is 2. The van der Waals surface area contributed by atoms with Crippen LogP contribution in [0, 0.1) is 0 Å². The molecule has 0 saturated carbocycles. The summed E-state index contributed by atoms with van der Waals surface area (Å²) < 4.78 is 21.7. The number of hydrogen-bond acceptors (Lipinski definition) is 7. The van der Waals surface area contributed by atoms with E-state index in [1.54, 1.807) is 42.6 Å². The lowest BCUT2D eigenvalue weighted by atomic mass is 10.1. The highest BCUT2D eigenvalue weighted by molar-refractivity contribution is 5.91. The standard InChI is InChI=1S/C30H33NO6/c1-3-19-34-27-17-18-28(31-22-27)23-9-15-26(16-10-23)37-30(33)24-11-13-25(14-12-24)35-20-7-5-6-8-21-36-29(32)4-2/h4,9-18,22H,2-3,5-8,19-21H2,1H3. The van der Waals surface area contributed by atoms with Crippen LogP contribution < -0.4 is 14.2 Å². The number of unbranched alkanes of at least 4 members (excludes halogenated alkanes) is 3. The highest BCUT2D eigenvalue weighted by Gasteiger charge is 2.10. The van der Waals surface area contributed by atoms with Gasteiger partial charge >= 0.3 is 11.9 Å². The molecule has 0 fully saturated rings. The van der Waals surface area contributed by atoms with Gasteiger partial charge in [0.05, 0.1) is 37.3 Å². The molecule has 0 aliphatic rings. The first-order valence-corrected chi connectivity index (χ1v) is 12.5. The van der Waals surface area contributed by atoms with E-state index in [0.29, 0.717) is 36.9 Å². The van der Waals surface area contributed by atoms with Crippen LogP contribution in [-0.4, -0.2) is 36.7 Å². The van der Waals surface area contributed by atoms with Gasteiger partial charge in [0.1, 0.15) is 17.2 Å². The number of hydrogen-bond donors (Lipinski definition) is 0. The number of pyridine rings is 1. The van der Waals surface area contributed by atoms with Gasteiger partial charge < -0.3 is 18.9 Å². The van der Waals surface area contributed by atoms with E-state index >= 15 is 0 Å². The van der Waals surface area contributed by atoms with E-state index in [0.717, 1.165) is 49.1 Å². The Balaban J connectivity index is 1.39. The fourth-order valence-electron chi connectivity index (χ4n) is 3.38. The normalized spacial score (nSPS) is 10.4. The molecule has 0 unspecified atom stereocenters. The molecule has 0 radical (unpaired) electrons. The predicted molar refractivity (Wildman–Crippen MR) is 142 cm³/mol. The summed E-state index contributed by atoms with van der Waals surface area (Å²) >= 11 is 0. The van der Waals surface area contributed by atoms with E-state index in [4.69, 9.17) is 18.9 Å². The van der Waals surface area contributed by atoms with Crippen molar-refractivity contribution in [3.8, 4) is 28.5 Å². The monoisotopic (exact) mass is 503 g/mol. The Labute approximate surface area is 218 Å². The lowest BCUT2D eigenvalue weighted by Crippen LogP contribution is -2.08. The van der Waals surface area contributed by atoms with Gasteiger partial charge in [-0.05, 0) is 92.8 Å². The Morgan fingerprint density at radius 1 is 0.784 bits per heavy atom. The molecule has 0 aliphatic heterocycles. The molecule has 3 rings (SSSR count). The molecule has 0 atom stereocenters. The van der Waals surface area contributed by atoms with Gasteiger partial charge in [-0.3, -0.25) is 4.98 Å². The van der Waals surface area contributed by atoms with Crippen LogP contribution in [0.1, 0.15) is 49.4 Å². The zero-order chi connectivity index (χ0) is 26.3. The number of ether oxygens (including phenoxy) is 4. The number of aromatic nitrogens is 1. The molecule has 0 bridgehead atoms. The zero-order valence-corrected chi connectivity index (χ0v) is 21.2. The van der Waals surface area contributed by atoms with E-state index in [9.17, 15) is 9.59 Å². The fraction of sp³-hybridized carbons (Fsp3) is 0.300. The second-order valence-electron chi connectivity index (χ2n) is 8.30. The Morgan fingerprint density at radius 2 is 1.43 bits per heavy atom. The van der Waals surface area contributed by atoms with Crippen molar-refractivity contribution in [3.05, 3.63) is 85.1 Å². The number of benzene rings is 2. The summed E-state index contributed by atoms with van der Waals surface area (Å²) in [5.41, 5.74) is 2.17. The summed E-state index contributed by atoms with van der Waals surface area (Å²) in [4.78, 5) is 27.9. The number of nitrogens with zero attached hydrogens (tertiary/aromatic N) is 1. The van der Waals surface area contributed by atoms with Crippen molar-refractivity contribution in [1.29, 1.82) is 0 Å². The molecule has 0 spiro atoms. The van der Waals surface area contributed by atoms with Gasteiger partial charge in [0, 0.05) is 11.6 Å². The van der Waals surface area contributed by atoms with Crippen molar-refractivity contribution in [2.75, 3.05) is 19.8 Å². The molecule has 194 valence electrons. The van der Waals surface area contributed by atoms with E-state index in [1.807, 2.05) is 24.3 Å². The van der Waals surface area contributed by atoms with Gasteiger partial charge in [-0.2, -0.15) is 0 Å². The van der Waals surface area contributed by atoms with Crippen LogP contribution >= 0.6 is 0 Å². The lowest BCUT2D eigenvalue weighted by molar-refractivity contribution is -0.137. The van der Waals surface area contributed by atoms with Crippen molar-refractivity contribution in [3.63, 3.8) is 0 Å². The first-order chi connectivity index (χ1) is 18.1. The summed E-state index contributed by atoms with van der Waals surface area (Å²) in [6.07, 6.45) is 7.46. The quantitative estimate of drug-likeness (QED) is 0.102. The molecule has 1 heterocycles. The molecule has 37 heavy (non-hydrogen) atoms. The first kappa shape index (κ1) is 27.5. The molecule has 0 aliphatic carbocycles.